The van der Waals surface area contributed by atoms with Gasteiger partial charge in [0.15, 0.2) is 5.65 Å². The highest BCUT2D eigenvalue weighted by atomic mass is 35.5. The van der Waals surface area contributed by atoms with Crippen LogP contribution in [0, 0.1) is 0 Å². The third-order valence-electron chi connectivity index (χ3n) is 4.04. The number of amides is 1. The maximum atomic E-state index is 13.0. The summed E-state index contributed by atoms with van der Waals surface area (Å²) in [6.45, 7) is -0.407. The van der Waals surface area contributed by atoms with Crippen molar-refractivity contribution in [1.29, 1.82) is 0 Å². The minimum absolute atomic E-state index is 0.105. The van der Waals surface area contributed by atoms with Gasteiger partial charge in [0.05, 0.1) is 16.6 Å². The van der Waals surface area contributed by atoms with Crippen LogP contribution in [0.25, 0.3) is 16.7 Å². The van der Waals surface area contributed by atoms with Gasteiger partial charge in [0.2, 0.25) is 5.91 Å². The van der Waals surface area contributed by atoms with Gasteiger partial charge >= 0.3 is 6.18 Å². The summed E-state index contributed by atoms with van der Waals surface area (Å²) in [5.74, 6) is -0.335. The summed E-state index contributed by atoms with van der Waals surface area (Å²) < 4.78 is 41.1. The molecule has 29 heavy (non-hydrogen) atoms. The second-order valence-corrected chi connectivity index (χ2v) is 6.40. The van der Waals surface area contributed by atoms with Crippen molar-refractivity contribution >= 4 is 40.0 Å². The number of halogens is 4. The maximum absolute atomic E-state index is 13.0. The Kier molecular flexibility index (Phi) is 4.46. The average Bonchev–Trinajstić information content (AvgIpc) is 3.16. The number of alkyl halides is 3. The minimum Gasteiger partial charge on any atom is -0.309 e. The van der Waals surface area contributed by atoms with Gasteiger partial charge in [-0.05, 0) is 24.3 Å². The molecule has 148 valence electrons. The Morgan fingerprint density at radius 3 is 2.66 bits per heavy atom. The van der Waals surface area contributed by atoms with E-state index in [1.54, 1.807) is 0 Å². The number of carbonyl (C=O) groups is 1. The zero-order valence-electron chi connectivity index (χ0n) is 14.3. The number of rotatable bonds is 3. The van der Waals surface area contributed by atoms with E-state index in [0.717, 1.165) is 15.1 Å². The lowest BCUT2D eigenvalue weighted by Crippen LogP contribution is -2.30. The van der Waals surface area contributed by atoms with Crippen LogP contribution in [-0.4, -0.2) is 30.1 Å². The van der Waals surface area contributed by atoms with Gasteiger partial charge in [0.1, 0.15) is 23.7 Å². The summed E-state index contributed by atoms with van der Waals surface area (Å²) in [5.41, 5.74) is -1.95. The van der Waals surface area contributed by atoms with Crippen LogP contribution < -0.4 is 10.9 Å². The quantitative estimate of drug-likeness (QED) is 0.548. The molecule has 0 spiro atoms. The van der Waals surface area contributed by atoms with Crippen LogP contribution in [0.15, 0.2) is 47.5 Å². The van der Waals surface area contributed by atoms with Crippen LogP contribution in [-0.2, 0) is 17.5 Å². The first-order valence-electron chi connectivity index (χ1n) is 8.10. The molecule has 0 atom stereocenters. The summed E-state index contributed by atoms with van der Waals surface area (Å²) in [4.78, 5) is 32.7. The predicted octanol–water partition coefficient (Wildman–Crippen LogP) is 2.75. The Labute approximate surface area is 164 Å². The molecule has 4 aromatic rings. The maximum Gasteiger partial charge on any atom is 0.433 e. The molecule has 0 bridgehead atoms. The fourth-order valence-corrected chi connectivity index (χ4v) is 2.89. The third-order valence-corrected chi connectivity index (χ3v) is 4.26. The third kappa shape index (κ3) is 3.51. The molecule has 0 fully saturated rings. The first kappa shape index (κ1) is 18.9. The van der Waals surface area contributed by atoms with Gasteiger partial charge in [-0.1, -0.05) is 11.6 Å². The van der Waals surface area contributed by atoms with E-state index in [1.807, 2.05) is 0 Å². The van der Waals surface area contributed by atoms with Crippen molar-refractivity contribution in [2.45, 2.75) is 12.7 Å². The molecule has 8 nitrogen and oxygen atoms in total. The summed E-state index contributed by atoms with van der Waals surface area (Å²) in [6.07, 6.45) is -2.03. The van der Waals surface area contributed by atoms with E-state index in [-0.39, 0.29) is 22.5 Å². The van der Waals surface area contributed by atoms with Crippen LogP contribution in [0.4, 0.5) is 19.0 Å². The molecule has 0 saturated carbocycles. The standard InChI is InChI=1S/C17H10ClF3N6O2/c18-9-1-4-12(22-7-9)25-13(28)8-26-14-5-6-23-27(14)15-10(16(26)29)2-3-11(24-15)17(19,20)21/h1-7H,8H2,(H,22,25,28). The summed E-state index contributed by atoms with van der Waals surface area (Å²) in [6, 6.07) is 6.15. The van der Waals surface area contributed by atoms with E-state index in [0.29, 0.717) is 11.1 Å². The monoisotopic (exact) mass is 422 g/mol. The molecular formula is C17H10ClF3N6O2. The Morgan fingerprint density at radius 1 is 1.17 bits per heavy atom. The van der Waals surface area contributed by atoms with E-state index >= 15 is 0 Å². The molecule has 1 amide bonds. The highest BCUT2D eigenvalue weighted by Gasteiger charge is 2.33. The fraction of sp³-hybridized carbons (Fsp3) is 0.118. The number of anilines is 1. The largest absolute Gasteiger partial charge is 0.433 e. The lowest BCUT2D eigenvalue weighted by molar-refractivity contribution is -0.141. The molecule has 4 rings (SSSR count). The van der Waals surface area contributed by atoms with Crippen molar-refractivity contribution in [3.63, 3.8) is 0 Å². The summed E-state index contributed by atoms with van der Waals surface area (Å²) in [7, 11) is 0. The van der Waals surface area contributed by atoms with Gasteiger partial charge in [0.25, 0.3) is 5.56 Å². The zero-order chi connectivity index (χ0) is 20.8. The second-order valence-electron chi connectivity index (χ2n) is 5.97. The molecule has 0 aliphatic carbocycles. The smallest absolute Gasteiger partial charge is 0.309 e. The Bertz CT molecular complexity index is 1300. The van der Waals surface area contributed by atoms with Crippen LogP contribution >= 0.6 is 11.6 Å². The van der Waals surface area contributed by atoms with Crippen molar-refractivity contribution in [3.8, 4) is 0 Å². The van der Waals surface area contributed by atoms with E-state index in [4.69, 9.17) is 11.6 Å². The molecule has 4 aromatic heterocycles. The van der Waals surface area contributed by atoms with Crippen molar-refractivity contribution in [3.05, 3.63) is 63.8 Å². The van der Waals surface area contributed by atoms with Gasteiger partial charge in [-0.25, -0.2) is 9.97 Å². The summed E-state index contributed by atoms with van der Waals surface area (Å²) >= 11 is 5.74. The number of nitrogens with zero attached hydrogens (tertiary/aromatic N) is 5. The van der Waals surface area contributed by atoms with Crippen LogP contribution in [0.2, 0.25) is 5.02 Å². The highest BCUT2D eigenvalue weighted by Crippen LogP contribution is 2.28. The van der Waals surface area contributed by atoms with Gasteiger partial charge in [0, 0.05) is 12.3 Å². The number of carbonyl (C=O) groups excluding carboxylic acids is 1. The van der Waals surface area contributed by atoms with Crippen LogP contribution in [0.3, 0.4) is 0 Å². The number of hydrogen-bond acceptors (Lipinski definition) is 5. The molecule has 0 radical (unpaired) electrons. The summed E-state index contributed by atoms with van der Waals surface area (Å²) in [5, 5.41) is 6.74. The predicted molar refractivity (Wildman–Crippen MR) is 97.6 cm³/mol. The number of aromatic nitrogens is 5. The number of nitrogens with one attached hydrogen (secondary N) is 1. The molecule has 4 heterocycles. The molecule has 0 saturated heterocycles. The first-order chi connectivity index (χ1) is 13.7. The molecular weight excluding hydrogens is 413 g/mol. The van der Waals surface area contributed by atoms with Gasteiger partial charge in [-0.2, -0.15) is 22.8 Å². The van der Waals surface area contributed by atoms with Gasteiger partial charge in [-0.15, -0.1) is 0 Å². The minimum atomic E-state index is -4.67. The Morgan fingerprint density at radius 2 is 1.97 bits per heavy atom. The zero-order valence-corrected chi connectivity index (χ0v) is 15.1. The fourth-order valence-electron chi connectivity index (χ4n) is 2.78. The van der Waals surface area contributed by atoms with E-state index in [9.17, 15) is 22.8 Å². The van der Waals surface area contributed by atoms with Crippen molar-refractivity contribution in [1.82, 2.24) is 24.1 Å². The Balaban J connectivity index is 1.77. The van der Waals surface area contributed by atoms with Gasteiger partial charge < -0.3 is 5.32 Å². The first-order valence-corrected chi connectivity index (χ1v) is 8.48. The highest BCUT2D eigenvalue weighted by molar-refractivity contribution is 6.30. The molecule has 1 N–H and O–H groups in total. The van der Waals surface area contributed by atoms with E-state index in [1.165, 1.54) is 30.6 Å². The second kappa shape index (κ2) is 6.85. The molecule has 0 aliphatic heterocycles. The SMILES string of the molecule is O=C(Cn1c(=O)c2ccc(C(F)(F)F)nc2n2nccc12)Nc1ccc(Cl)cn1. The lowest BCUT2D eigenvalue weighted by Gasteiger charge is -2.12. The topological polar surface area (TPSA) is 94.2 Å². The van der Waals surface area contributed by atoms with Crippen molar-refractivity contribution in [2.24, 2.45) is 0 Å². The normalized spacial score (nSPS) is 11.9. The molecule has 0 aromatic carbocycles. The lowest BCUT2D eigenvalue weighted by atomic mass is 10.2. The van der Waals surface area contributed by atoms with E-state index in [2.05, 4.69) is 20.4 Å². The van der Waals surface area contributed by atoms with Crippen LogP contribution in [0.5, 0.6) is 0 Å². The number of hydrogen-bond donors (Lipinski definition) is 1. The molecule has 0 unspecified atom stereocenters. The van der Waals surface area contributed by atoms with Crippen molar-refractivity contribution in [2.75, 3.05) is 5.32 Å². The van der Waals surface area contributed by atoms with E-state index < -0.39 is 29.9 Å². The Hall–Kier alpha value is -3.47. The number of fused-ring (bicyclic) bond motifs is 3. The average molecular weight is 423 g/mol. The van der Waals surface area contributed by atoms with Gasteiger partial charge in [-0.3, -0.25) is 14.2 Å². The van der Waals surface area contributed by atoms with Crippen LogP contribution in [0.1, 0.15) is 5.69 Å². The van der Waals surface area contributed by atoms with Crippen molar-refractivity contribution < 1.29 is 18.0 Å². The number of pyridine rings is 2. The molecule has 12 heteroatoms. The molecule has 0 aliphatic rings.